The molecule has 27 heavy (non-hydrogen) atoms. The number of rotatable bonds is 7. The van der Waals surface area contributed by atoms with E-state index in [2.05, 4.69) is 21.7 Å². The molecule has 7 heteroatoms. The molecule has 0 aliphatic carbocycles. The zero-order valence-electron chi connectivity index (χ0n) is 15.6. The molecule has 0 saturated heterocycles. The van der Waals surface area contributed by atoms with Crippen LogP contribution in [-0.2, 0) is 22.8 Å². The second kappa shape index (κ2) is 9.74. The first-order chi connectivity index (χ1) is 12.9. The Morgan fingerprint density at radius 2 is 1.67 bits per heavy atom. The van der Waals surface area contributed by atoms with Crippen LogP contribution in [0.3, 0.4) is 0 Å². The average molecular weight is 385 g/mol. The summed E-state index contributed by atoms with van der Waals surface area (Å²) in [5.41, 5.74) is 2.72. The van der Waals surface area contributed by atoms with Gasteiger partial charge >= 0.3 is 0 Å². The molecule has 0 amide bonds. The van der Waals surface area contributed by atoms with Crippen LogP contribution in [0.2, 0.25) is 0 Å². The molecule has 2 aromatic rings. The second-order valence-corrected chi connectivity index (χ2v) is 8.11. The van der Waals surface area contributed by atoms with Gasteiger partial charge in [-0.25, -0.2) is 13.4 Å². The third-order valence-electron chi connectivity index (χ3n) is 3.90. The highest BCUT2D eigenvalue weighted by Crippen LogP contribution is 2.10. The average Bonchev–Trinajstić information content (AvgIpc) is 2.66. The van der Waals surface area contributed by atoms with Crippen LogP contribution in [0.25, 0.3) is 0 Å². The van der Waals surface area contributed by atoms with Gasteiger partial charge in [-0.2, -0.15) is 5.26 Å². The van der Waals surface area contributed by atoms with E-state index in [4.69, 9.17) is 5.26 Å². The molecule has 0 fully saturated rings. The van der Waals surface area contributed by atoms with Crippen molar-refractivity contribution in [3.05, 3.63) is 65.2 Å². The summed E-state index contributed by atoms with van der Waals surface area (Å²) >= 11 is 0. The summed E-state index contributed by atoms with van der Waals surface area (Å²) in [6, 6.07) is 16.4. The second-order valence-electron chi connectivity index (χ2n) is 6.10. The van der Waals surface area contributed by atoms with Crippen molar-refractivity contribution in [2.75, 3.05) is 19.3 Å². The van der Waals surface area contributed by atoms with E-state index in [1.807, 2.05) is 31.2 Å². The van der Waals surface area contributed by atoms with Crippen molar-refractivity contribution >= 4 is 15.8 Å². The molecule has 0 saturated carbocycles. The predicted octanol–water partition coefficient (Wildman–Crippen LogP) is 2.26. The predicted molar refractivity (Wildman–Crippen MR) is 107 cm³/mol. The first-order valence-electron chi connectivity index (χ1n) is 8.72. The summed E-state index contributed by atoms with van der Waals surface area (Å²) in [6.45, 7) is 3.95. The SMILES string of the molecule is CCNC(=NCc1ccc(C#N)cc1)NCCc1ccc(S(C)(=O)=O)cc1. The third-order valence-corrected chi connectivity index (χ3v) is 5.03. The molecule has 0 atom stereocenters. The molecule has 0 unspecified atom stereocenters. The van der Waals surface area contributed by atoms with Gasteiger partial charge in [0.1, 0.15) is 0 Å². The molecule has 0 aliphatic heterocycles. The van der Waals surface area contributed by atoms with E-state index in [-0.39, 0.29) is 0 Å². The molecule has 2 rings (SSSR count). The Balaban J connectivity index is 1.90. The van der Waals surface area contributed by atoms with Gasteiger partial charge in [-0.05, 0) is 48.7 Å². The van der Waals surface area contributed by atoms with Crippen LogP contribution in [0, 0.1) is 11.3 Å². The molecule has 0 aliphatic rings. The highest BCUT2D eigenvalue weighted by molar-refractivity contribution is 7.90. The van der Waals surface area contributed by atoms with Crippen molar-refractivity contribution < 1.29 is 8.42 Å². The molecule has 2 aromatic carbocycles. The van der Waals surface area contributed by atoms with Crippen LogP contribution in [0.15, 0.2) is 58.4 Å². The fraction of sp³-hybridized carbons (Fsp3) is 0.300. The summed E-state index contributed by atoms with van der Waals surface area (Å²) < 4.78 is 23.0. The van der Waals surface area contributed by atoms with Gasteiger partial charge in [0.15, 0.2) is 15.8 Å². The summed E-state index contributed by atoms with van der Waals surface area (Å²) in [4.78, 5) is 4.88. The lowest BCUT2D eigenvalue weighted by atomic mass is 10.1. The molecule has 6 nitrogen and oxygen atoms in total. The van der Waals surface area contributed by atoms with E-state index >= 15 is 0 Å². The monoisotopic (exact) mass is 384 g/mol. The van der Waals surface area contributed by atoms with E-state index in [1.165, 1.54) is 6.26 Å². The first kappa shape index (κ1) is 20.5. The van der Waals surface area contributed by atoms with E-state index in [1.54, 1.807) is 24.3 Å². The number of nitriles is 1. The van der Waals surface area contributed by atoms with Gasteiger partial charge in [0, 0.05) is 19.3 Å². The van der Waals surface area contributed by atoms with Gasteiger partial charge in [0.25, 0.3) is 0 Å². The number of aliphatic imine (C=N–C) groups is 1. The number of nitrogens with zero attached hydrogens (tertiary/aromatic N) is 2. The van der Waals surface area contributed by atoms with Gasteiger partial charge in [0.2, 0.25) is 0 Å². The number of hydrogen-bond acceptors (Lipinski definition) is 4. The molecule has 142 valence electrons. The fourth-order valence-electron chi connectivity index (χ4n) is 2.43. The Hall–Kier alpha value is -2.85. The maximum absolute atomic E-state index is 11.5. The highest BCUT2D eigenvalue weighted by Gasteiger charge is 2.06. The zero-order valence-corrected chi connectivity index (χ0v) is 16.4. The normalized spacial score (nSPS) is 11.7. The van der Waals surface area contributed by atoms with Gasteiger partial charge in [0.05, 0.1) is 23.1 Å². The van der Waals surface area contributed by atoms with Crippen molar-refractivity contribution in [3.8, 4) is 6.07 Å². The molecule has 0 spiro atoms. The van der Waals surface area contributed by atoms with Crippen molar-refractivity contribution in [2.24, 2.45) is 4.99 Å². The summed E-state index contributed by atoms with van der Waals surface area (Å²) in [5, 5.41) is 15.3. The molecule has 0 radical (unpaired) electrons. The lowest BCUT2D eigenvalue weighted by Crippen LogP contribution is -2.38. The van der Waals surface area contributed by atoms with Crippen LogP contribution >= 0.6 is 0 Å². The maximum atomic E-state index is 11.5. The van der Waals surface area contributed by atoms with Gasteiger partial charge in [-0.3, -0.25) is 0 Å². The van der Waals surface area contributed by atoms with Gasteiger partial charge in [-0.15, -0.1) is 0 Å². The molecule has 0 aromatic heterocycles. The minimum atomic E-state index is -3.16. The van der Waals surface area contributed by atoms with Crippen LogP contribution < -0.4 is 10.6 Å². The molecule has 0 bridgehead atoms. The number of guanidine groups is 1. The number of nitrogens with one attached hydrogen (secondary N) is 2. The van der Waals surface area contributed by atoms with Crippen LogP contribution in [-0.4, -0.2) is 33.7 Å². The quantitative estimate of drug-likeness (QED) is 0.564. The summed E-state index contributed by atoms with van der Waals surface area (Å²) in [5.74, 6) is 0.717. The molecule has 2 N–H and O–H groups in total. The van der Waals surface area contributed by atoms with Crippen LogP contribution in [0.4, 0.5) is 0 Å². The number of benzene rings is 2. The van der Waals surface area contributed by atoms with Crippen molar-refractivity contribution in [3.63, 3.8) is 0 Å². The maximum Gasteiger partial charge on any atom is 0.191 e. The third kappa shape index (κ3) is 6.76. The lowest BCUT2D eigenvalue weighted by molar-refractivity contribution is 0.602. The van der Waals surface area contributed by atoms with Gasteiger partial charge in [-0.1, -0.05) is 24.3 Å². The Labute approximate surface area is 160 Å². The molecular formula is C20H24N4O2S. The summed E-state index contributed by atoms with van der Waals surface area (Å²) in [6.07, 6.45) is 1.96. The smallest absolute Gasteiger partial charge is 0.191 e. The zero-order chi connectivity index (χ0) is 19.7. The Morgan fingerprint density at radius 3 is 2.22 bits per heavy atom. The van der Waals surface area contributed by atoms with E-state index < -0.39 is 9.84 Å². The number of hydrogen-bond donors (Lipinski definition) is 2. The van der Waals surface area contributed by atoms with E-state index in [0.717, 1.165) is 30.1 Å². The molecular weight excluding hydrogens is 360 g/mol. The fourth-order valence-corrected chi connectivity index (χ4v) is 3.06. The topological polar surface area (TPSA) is 94.3 Å². The van der Waals surface area contributed by atoms with Crippen molar-refractivity contribution in [1.82, 2.24) is 10.6 Å². The molecule has 0 heterocycles. The Morgan fingerprint density at radius 1 is 1.04 bits per heavy atom. The summed E-state index contributed by atoms with van der Waals surface area (Å²) in [7, 11) is -3.16. The highest BCUT2D eigenvalue weighted by atomic mass is 32.2. The van der Waals surface area contributed by atoms with Crippen molar-refractivity contribution in [1.29, 1.82) is 5.26 Å². The van der Waals surface area contributed by atoms with E-state index in [9.17, 15) is 8.42 Å². The first-order valence-corrected chi connectivity index (χ1v) is 10.6. The van der Waals surface area contributed by atoms with Gasteiger partial charge < -0.3 is 10.6 Å². The minimum absolute atomic E-state index is 0.330. The number of sulfone groups is 1. The van der Waals surface area contributed by atoms with Crippen LogP contribution in [0.5, 0.6) is 0 Å². The Kier molecular flexibility index (Phi) is 7.38. The Bertz CT molecular complexity index is 912. The standard InChI is InChI=1S/C20H24N4O2S/c1-3-22-20(24-15-18-6-4-17(14-21)5-7-18)23-13-12-16-8-10-19(11-9-16)27(2,25)26/h4-11H,3,12-13,15H2,1-2H3,(H2,22,23,24). The largest absolute Gasteiger partial charge is 0.357 e. The van der Waals surface area contributed by atoms with Crippen LogP contribution in [0.1, 0.15) is 23.6 Å². The van der Waals surface area contributed by atoms with Crippen molar-refractivity contribution in [2.45, 2.75) is 24.8 Å². The van der Waals surface area contributed by atoms with E-state index in [0.29, 0.717) is 23.5 Å². The minimum Gasteiger partial charge on any atom is -0.357 e. The lowest BCUT2D eigenvalue weighted by Gasteiger charge is -2.11.